The Morgan fingerprint density at radius 3 is 2.81 bits per heavy atom. The number of benzene rings is 1. The number of aryl methyl sites for hydroxylation is 1. The molecule has 0 spiro atoms. The number of fused-ring (bicyclic) bond motifs is 2. The molecule has 1 N–H and O–H groups in total. The number of H-pyrrole nitrogens is 1. The van der Waals surface area contributed by atoms with E-state index in [1.165, 1.54) is 0 Å². The Balaban J connectivity index is 1.29. The van der Waals surface area contributed by atoms with Crippen LogP contribution in [0.4, 0.5) is 5.82 Å². The molecule has 0 radical (unpaired) electrons. The van der Waals surface area contributed by atoms with E-state index in [0.717, 1.165) is 66.2 Å². The second-order valence-electron chi connectivity index (χ2n) is 7.06. The summed E-state index contributed by atoms with van der Waals surface area (Å²) in [5.41, 5.74) is 3.96. The summed E-state index contributed by atoms with van der Waals surface area (Å²) in [5, 5.41) is 0. The maximum Gasteiger partial charge on any atom is 0.165 e. The minimum atomic E-state index is 0.646. The highest BCUT2D eigenvalue weighted by Gasteiger charge is 2.23. The van der Waals surface area contributed by atoms with Gasteiger partial charge in [0, 0.05) is 26.6 Å². The molecule has 0 bridgehead atoms. The molecular formula is C19H21N7. The van der Waals surface area contributed by atoms with Crippen molar-refractivity contribution in [1.82, 2.24) is 29.5 Å². The number of nitrogens with one attached hydrogen (secondary N) is 1. The Morgan fingerprint density at radius 2 is 1.96 bits per heavy atom. The van der Waals surface area contributed by atoms with Crippen molar-refractivity contribution in [1.29, 1.82) is 0 Å². The van der Waals surface area contributed by atoms with E-state index >= 15 is 0 Å². The van der Waals surface area contributed by atoms with E-state index in [1.54, 1.807) is 12.7 Å². The van der Waals surface area contributed by atoms with E-state index in [0.29, 0.717) is 5.92 Å². The van der Waals surface area contributed by atoms with Crippen LogP contribution < -0.4 is 4.90 Å². The number of para-hydroxylation sites is 2. The molecular weight excluding hydrogens is 326 g/mol. The third-order valence-electron chi connectivity index (χ3n) is 5.31. The van der Waals surface area contributed by atoms with Gasteiger partial charge in [0.2, 0.25) is 0 Å². The quantitative estimate of drug-likeness (QED) is 0.617. The van der Waals surface area contributed by atoms with Crippen molar-refractivity contribution in [2.75, 3.05) is 18.0 Å². The van der Waals surface area contributed by atoms with Gasteiger partial charge in [-0.2, -0.15) is 0 Å². The summed E-state index contributed by atoms with van der Waals surface area (Å²) in [6, 6.07) is 8.22. The predicted octanol–water partition coefficient (Wildman–Crippen LogP) is 2.70. The van der Waals surface area contributed by atoms with E-state index < -0.39 is 0 Å². The fourth-order valence-electron chi connectivity index (χ4n) is 3.89. The molecule has 0 unspecified atom stereocenters. The van der Waals surface area contributed by atoms with Gasteiger partial charge in [0.1, 0.15) is 12.2 Å². The van der Waals surface area contributed by atoms with E-state index in [4.69, 9.17) is 4.98 Å². The second-order valence-corrected chi connectivity index (χ2v) is 7.06. The van der Waals surface area contributed by atoms with Gasteiger partial charge < -0.3 is 14.5 Å². The van der Waals surface area contributed by atoms with Gasteiger partial charge in [-0.05, 0) is 30.9 Å². The van der Waals surface area contributed by atoms with Crippen molar-refractivity contribution < 1.29 is 0 Å². The molecule has 26 heavy (non-hydrogen) atoms. The molecule has 7 nitrogen and oxygen atoms in total. The fraction of sp³-hybridized carbons (Fsp3) is 0.368. The molecule has 0 saturated carbocycles. The zero-order valence-electron chi connectivity index (χ0n) is 14.8. The van der Waals surface area contributed by atoms with Crippen LogP contribution in [0.3, 0.4) is 0 Å². The minimum Gasteiger partial charge on any atom is -0.355 e. The summed E-state index contributed by atoms with van der Waals surface area (Å²) >= 11 is 0. The van der Waals surface area contributed by atoms with Gasteiger partial charge in [0.05, 0.1) is 17.4 Å². The number of aromatic nitrogens is 6. The van der Waals surface area contributed by atoms with E-state index in [-0.39, 0.29) is 0 Å². The van der Waals surface area contributed by atoms with Gasteiger partial charge in [-0.25, -0.2) is 19.9 Å². The minimum absolute atomic E-state index is 0.646. The average Bonchev–Trinajstić information content (AvgIpc) is 3.25. The Bertz CT molecular complexity index is 1020. The Hall–Kier alpha value is -2.96. The van der Waals surface area contributed by atoms with E-state index in [9.17, 15) is 0 Å². The lowest BCUT2D eigenvalue weighted by Crippen LogP contribution is -2.35. The van der Waals surface area contributed by atoms with Crippen molar-refractivity contribution in [2.45, 2.75) is 19.3 Å². The lowest BCUT2D eigenvalue weighted by molar-refractivity contribution is 0.397. The van der Waals surface area contributed by atoms with Crippen molar-refractivity contribution in [3.63, 3.8) is 0 Å². The van der Waals surface area contributed by atoms with Gasteiger partial charge >= 0.3 is 0 Å². The van der Waals surface area contributed by atoms with Crippen molar-refractivity contribution in [3.8, 4) is 0 Å². The van der Waals surface area contributed by atoms with Crippen LogP contribution in [0.15, 0.2) is 36.9 Å². The average molecular weight is 347 g/mol. The standard InChI is InChI=1S/C19H21N7/c1-25-12-22-17-18(25)20-11-21-19(17)26-8-6-13(7-9-26)10-16-23-14-4-2-3-5-15(14)24-16/h2-5,11-13H,6-10H2,1H3,(H,23,24). The summed E-state index contributed by atoms with van der Waals surface area (Å²) in [4.78, 5) is 23.8. The molecule has 132 valence electrons. The summed E-state index contributed by atoms with van der Waals surface area (Å²) < 4.78 is 1.94. The molecule has 0 atom stereocenters. The van der Waals surface area contributed by atoms with Crippen LogP contribution in [-0.2, 0) is 13.5 Å². The van der Waals surface area contributed by atoms with Crippen LogP contribution in [0.2, 0.25) is 0 Å². The number of nitrogens with zero attached hydrogens (tertiary/aromatic N) is 6. The molecule has 1 aromatic carbocycles. The largest absolute Gasteiger partial charge is 0.355 e. The summed E-state index contributed by atoms with van der Waals surface area (Å²) in [6.07, 6.45) is 6.72. The second kappa shape index (κ2) is 6.09. The zero-order chi connectivity index (χ0) is 17.5. The van der Waals surface area contributed by atoms with Crippen molar-refractivity contribution >= 4 is 28.0 Å². The first-order valence-corrected chi connectivity index (χ1v) is 9.08. The Kier molecular flexibility index (Phi) is 3.58. The predicted molar refractivity (Wildman–Crippen MR) is 101 cm³/mol. The van der Waals surface area contributed by atoms with E-state index in [1.807, 2.05) is 23.7 Å². The zero-order valence-corrected chi connectivity index (χ0v) is 14.8. The highest BCUT2D eigenvalue weighted by Crippen LogP contribution is 2.28. The van der Waals surface area contributed by atoms with Gasteiger partial charge in [0.25, 0.3) is 0 Å². The molecule has 1 aliphatic heterocycles. The summed E-state index contributed by atoms with van der Waals surface area (Å²) in [5.74, 6) is 2.70. The van der Waals surface area contributed by atoms with Gasteiger partial charge in [-0.1, -0.05) is 12.1 Å². The first-order chi connectivity index (χ1) is 12.8. The van der Waals surface area contributed by atoms with Gasteiger partial charge in [-0.3, -0.25) is 0 Å². The molecule has 4 aromatic rings. The maximum absolute atomic E-state index is 4.73. The van der Waals surface area contributed by atoms with Crippen LogP contribution in [-0.4, -0.2) is 42.6 Å². The molecule has 1 saturated heterocycles. The molecule has 7 heteroatoms. The van der Waals surface area contributed by atoms with E-state index in [2.05, 4.69) is 37.0 Å². The van der Waals surface area contributed by atoms with Crippen LogP contribution >= 0.6 is 0 Å². The SMILES string of the molecule is Cn1cnc2c(N3CCC(Cc4nc5ccccc5[nH]4)CC3)ncnc21. The van der Waals surface area contributed by atoms with Crippen LogP contribution in [0, 0.1) is 5.92 Å². The number of hydrogen-bond acceptors (Lipinski definition) is 5. The Morgan fingerprint density at radius 1 is 1.12 bits per heavy atom. The maximum atomic E-state index is 4.73. The smallest absolute Gasteiger partial charge is 0.165 e. The topological polar surface area (TPSA) is 75.5 Å². The van der Waals surface area contributed by atoms with Crippen LogP contribution in [0.25, 0.3) is 22.2 Å². The molecule has 1 aliphatic rings. The lowest BCUT2D eigenvalue weighted by Gasteiger charge is -2.32. The van der Waals surface area contributed by atoms with Gasteiger partial charge in [-0.15, -0.1) is 0 Å². The first kappa shape index (κ1) is 15.3. The Labute approximate surface area is 151 Å². The summed E-state index contributed by atoms with van der Waals surface area (Å²) in [7, 11) is 1.96. The molecule has 3 aromatic heterocycles. The number of hydrogen-bond donors (Lipinski definition) is 1. The number of piperidine rings is 1. The molecule has 0 amide bonds. The van der Waals surface area contributed by atoms with Crippen LogP contribution in [0.1, 0.15) is 18.7 Å². The number of rotatable bonds is 3. The molecule has 4 heterocycles. The monoisotopic (exact) mass is 347 g/mol. The number of aromatic amines is 1. The van der Waals surface area contributed by atoms with Crippen LogP contribution in [0.5, 0.6) is 0 Å². The number of imidazole rings is 2. The highest BCUT2D eigenvalue weighted by atomic mass is 15.2. The number of anilines is 1. The van der Waals surface area contributed by atoms with Gasteiger partial charge in [0.15, 0.2) is 17.0 Å². The third kappa shape index (κ3) is 2.60. The van der Waals surface area contributed by atoms with Crippen molar-refractivity contribution in [2.24, 2.45) is 13.0 Å². The first-order valence-electron chi connectivity index (χ1n) is 9.08. The highest BCUT2D eigenvalue weighted by molar-refractivity contribution is 5.83. The molecule has 1 fully saturated rings. The normalized spacial score (nSPS) is 16.0. The summed E-state index contributed by atoms with van der Waals surface area (Å²) in [6.45, 7) is 1.99. The lowest BCUT2D eigenvalue weighted by atomic mass is 9.93. The van der Waals surface area contributed by atoms with Crippen molar-refractivity contribution in [3.05, 3.63) is 42.7 Å². The fourth-order valence-corrected chi connectivity index (χ4v) is 3.89. The third-order valence-corrected chi connectivity index (χ3v) is 5.31. The molecule has 0 aliphatic carbocycles. The molecule has 5 rings (SSSR count).